The number of furan rings is 1. The van der Waals surface area contributed by atoms with Crippen molar-refractivity contribution in [2.75, 3.05) is 26.8 Å². The lowest BCUT2D eigenvalue weighted by Gasteiger charge is -2.04. The molecule has 0 aliphatic rings. The summed E-state index contributed by atoms with van der Waals surface area (Å²) >= 11 is 0. The maximum Gasteiger partial charge on any atom is 0.274 e. The number of nitrogens with one attached hydrogen (secondary N) is 2. The predicted octanol–water partition coefficient (Wildman–Crippen LogP) is 0.314. The van der Waals surface area contributed by atoms with Crippen LogP contribution < -0.4 is 10.0 Å². The highest BCUT2D eigenvalue weighted by molar-refractivity contribution is 7.89. The molecule has 1 rings (SSSR count). The fourth-order valence-electron chi connectivity index (χ4n) is 1.24. The van der Waals surface area contributed by atoms with E-state index < -0.39 is 10.0 Å². The summed E-state index contributed by atoms with van der Waals surface area (Å²) in [5.41, 5.74) is 0. The third kappa shape index (κ3) is 4.47. The first-order chi connectivity index (χ1) is 8.10. The van der Waals surface area contributed by atoms with Gasteiger partial charge in [-0.05, 0) is 26.1 Å². The Labute approximate surface area is 101 Å². The van der Waals surface area contributed by atoms with Gasteiger partial charge in [-0.25, -0.2) is 13.1 Å². The van der Waals surface area contributed by atoms with E-state index in [1.54, 1.807) is 13.1 Å². The SMILES string of the molecule is CCOCCNS(=O)(=O)c1ccc(CNC)o1. The van der Waals surface area contributed by atoms with Crippen LogP contribution in [0.3, 0.4) is 0 Å². The number of ether oxygens (including phenoxy) is 1. The molecule has 1 aromatic rings. The van der Waals surface area contributed by atoms with Crippen LogP contribution in [0.15, 0.2) is 21.6 Å². The van der Waals surface area contributed by atoms with E-state index in [4.69, 9.17) is 9.15 Å². The summed E-state index contributed by atoms with van der Waals surface area (Å²) in [7, 11) is -1.80. The van der Waals surface area contributed by atoms with Crippen LogP contribution in [0.4, 0.5) is 0 Å². The highest BCUT2D eigenvalue weighted by Gasteiger charge is 2.17. The first-order valence-corrected chi connectivity index (χ1v) is 6.89. The maximum atomic E-state index is 11.7. The van der Waals surface area contributed by atoms with Crippen LogP contribution in [0.1, 0.15) is 12.7 Å². The van der Waals surface area contributed by atoms with Gasteiger partial charge in [0.25, 0.3) is 10.0 Å². The summed E-state index contributed by atoms with van der Waals surface area (Å²) in [6.07, 6.45) is 0. The molecule has 0 saturated heterocycles. The minimum atomic E-state index is -3.56. The summed E-state index contributed by atoms with van der Waals surface area (Å²) in [6, 6.07) is 3.07. The maximum absolute atomic E-state index is 11.7. The third-order valence-corrected chi connectivity index (χ3v) is 3.33. The summed E-state index contributed by atoms with van der Waals surface area (Å²) in [4.78, 5) is 0. The topological polar surface area (TPSA) is 80.6 Å². The van der Waals surface area contributed by atoms with Crippen molar-refractivity contribution in [3.63, 3.8) is 0 Å². The summed E-state index contributed by atoms with van der Waals surface area (Å²) < 4.78 is 36.1. The number of hydrogen-bond acceptors (Lipinski definition) is 5. The van der Waals surface area contributed by atoms with Crippen LogP contribution in [0.5, 0.6) is 0 Å². The van der Waals surface area contributed by atoms with E-state index >= 15 is 0 Å². The summed E-state index contributed by atoms with van der Waals surface area (Å²) in [6.45, 7) is 3.49. The van der Waals surface area contributed by atoms with Gasteiger partial charge in [-0.15, -0.1) is 0 Å². The monoisotopic (exact) mass is 262 g/mol. The molecule has 0 aliphatic carbocycles. The molecule has 0 atom stereocenters. The smallest absolute Gasteiger partial charge is 0.274 e. The van der Waals surface area contributed by atoms with E-state index in [1.165, 1.54) is 6.07 Å². The molecule has 0 saturated carbocycles. The first-order valence-electron chi connectivity index (χ1n) is 5.41. The molecule has 0 aromatic carbocycles. The normalized spacial score (nSPS) is 11.9. The van der Waals surface area contributed by atoms with Crippen molar-refractivity contribution in [1.82, 2.24) is 10.0 Å². The van der Waals surface area contributed by atoms with Gasteiger partial charge in [-0.1, -0.05) is 0 Å². The Morgan fingerprint density at radius 2 is 2.18 bits per heavy atom. The third-order valence-electron chi connectivity index (χ3n) is 2.00. The molecule has 0 fully saturated rings. The lowest BCUT2D eigenvalue weighted by molar-refractivity contribution is 0.153. The zero-order valence-corrected chi connectivity index (χ0v) is 10.8. The average molecular weight is 262 g/mol. The van der Waals surface area contributed by atoms with Gasteiger partial charge < -0.3 is 14.5 Å². The quantitative estimate of drug-likeness (QED) is 0.659. The lowest BCUT2D eigenvalue weighted by atomic mass is 10.4. The Morgan fingerprint density at radius 1 is 1.41 bits per heavy atom. The Kier molecular flexibility index (Phi) is 5.63. The molecule has 1 heterocycles. The van der Waals surface area contributed by atoms with Crippen LogP contribution in [0.2, 0.25) is 0 Å². The fourth-order valence-corrected chi connectivity index (χ4v) is 2.19. The van der Waals surface area contributed by atoms with Gasteiger partial charge in [-0.2, -0.15) is 0 Å². The molecule has 0 unspecified atom stereocenters. The van der Waals surface area contributed by atoms with E-state index in [-0.39, 0.29) is 11.6 Å². The zero-order chi connectivity index (χ0) is 12.7. The first kappa shape index (κ1) is 14.2. The Bertz CT molecular complexity index is 427. The minimum Gasteiger partial charge on any atom is -0.447 e. The van der Waals surface area contributed by atoms with E-state index in [2.05, 4.69) is 10.0 Å². The summed E-state index contributed by atoms with van der Waals surface area (Å²) in [5, 5.41) is 2.81. The molecular weight excluding hydrogens is 244 g/mol. The van der Waals surface area contributed by atoms with Gasteiger partial charge in [0.05, 0.1) is 13.2 Å². The molecule has 0 radical (unpaired) electrons. The Hall–Kier alpha value is -0.890. The second kappa shape index (κ2) is 6.75. The highest BCUT2D eigenvalue weighted by Crippen LogP contribution is 2.13. The number of rotatable bonds is 8. The molecule has 0 bridgehead atoms. The van der Waals surface area contributed by atoms with Gasteiger partial charge in [0.1, 0.15) is 5.76 Å². The molecule has 0 amide bonds. The van der Waals surface area contributed by atoms with Gasteiger partial charge in [0.15, 0.2) is 0 Å². The molecule has 0 aliphatic heterocycles. The Balaban J connectivity index is 2.56. The molecule has 98 valence electrons. The van der Waals surface area contributed by atoms with E-state index in [0.29, 0.717) is 25.5 Å². The molecular formula is C10H18N2O4S. The van der Waals surface area contributed by atoms with Gasteiger partial charge in [-0.3, -0.25) is 0 Å². The van der Waals surface area contributed by atoms with Crippen molar-refractivity contribution in [3.8, 4) is 0 Å². The predicted molar refractivity (Wildman–Crippen MR) is 63.2 cm³/mol. The van der Waals surface area contributed by atoms with Crippen LogP contribution in [-0.4, -0.2) is 35.2 Å². The molecule has 7 heteroatoms. The number of hydrogen-bond donors (Lipinski definition) is 2. The molecule has 2 N–H and O–H groups in total. The van der Waals surface area contributed by atoms with E-state index in [0.717, 1.165) is 0 Å². The largest absolute Gasteiger partial charge is 0.447 e. The van der Waals surface area contributed by atoms with Crippen molar-refractivity contribution in [1.29, 1.82) is 0 Å². The molecule has 6 nitrogen and oxygen atoms in total. The lowest BCUT2D eigenvalue weighted by Crippen LogP contribution is -2.27. The van der Waals surface area contributed by atoms with Crippen LogP contribution in [-0.2, 0) is 21.3 Å². The van der Waals surface area contributed by atoms with Gasteiger partial charge >= 0.3 is 0 Å². The standard InChI is InChI=1S/C10H18N2O4S/c1-3-15-7-6-12-17(13,14)10-5-4-9(16-10)8-11-2/h4-5,11-12H,3,6-8H2,1-2H3. The van der Waals surface area contributed by atoms with Crippen molar-refractivity contribution in [3.05, 3.63) is 17.9 Å². The number of sulfonamides is 1. The van der Waals surface area contributed by atoms with Crippen LogP contribution in [0, 0.1) is 0 Å². The molecule has 17 heavy (non-hydrogen) atoms. The van der Waals surface area contributed by atoms with Crippen molar-refractivity contribution >= 4 is 10.0 Å². The summed E-state index contributed by atoms with van der Waals surface area (Å²) in [5.74, 6) is 0.581. The average Bonchev–Trinajstić information content (AvgIpc) is 2.74. The Morgan fingerprint density at radius 3 is 2.82 bits per heavy atom. The molecule has 1 aromatic heterocycles. The van der Waals surface area contributed by atoms with Gasteiger partial charge in [0, 0.05) is 13.2 Å². The van der Waals surface area contributed by atoms with Crippen molar-refractivity contribution < 1.29 is 17.6 Å². The molecule has 0 spiro atoms. The van der Waals surface area contributed by atoms with Gasteiger partial charge in [0.2, 0.25) is 5.09 Å². The second-order valence-corrected chi connectivity index (χ2v) is 5.04. The van der Waals surface area contributed by atoms with Crippen LogP contribution in [0.25, 0.3) is 0 Å². The van der Waals surface area contributed by atoms with E-state index in [9.17, 15) is 8.42 Å². The van der Waals surface area contributed by atoms with Crippen molar-refractivity contribution in [2.24, 2.45) is 0 Å². The minimum absolute atomic E-state index is 0.0701. The van der Waals surface area contributed by atoms with Crippen molar-refractivity contribution in [2.45, 2.75) is 18.6 Å². The fraction of sp³-hybridized carbons (Fsp3) is 0.600. The second-order valence-electron chi connectivity index (χ2n) is 3.35. The van der Waals surface area contributed by atoms with E-state index in [1.807, 2.05) is 6.92 Å². The zero-order valence-electron chi connectivity index (χ0n) is 10.0. The highest BCUT2D eigenvalue weighted by atomic mass is 32.2. The van der Waals surface area contributed by atoms with Crippen LogP contribution >= 0.6 is 0 Å².